The third-order valence-electron chi connectivity index (χ3n) is 5.89. The van der Waals surface area contributed by atoms with E-state index >= 15 is 0 Å². The van der Waals surface area contributed by atoms with Crippen molar-refractivity contribution < 1.29 is 35.6 Å². The van der Waals surface area contributed by atoms with Gasteiger partial charge in [-0.05, 0) is 50.2 Å². The summed E-state index contributed by atoms with van der Waals surface area (Å²) in [7, 11) is -4.54. The number of likely N-dealkylation sites (N-methyl/N-ethyl adjacent to an activating group) is 1. The predicted octanol–water partition coefficient (Wildman–Crippen LogP) is 4.59. The first-order valence-corrected chi connectivity index (χ1v) is 13.4. The van der Waals surface area contributed by atoms with Gasteiger partial charge < -0.3 is 10.2 Å². The van der Waals surface area contributed by atoms with E-state index in [0.717, 1.165) is 23.1 Å². The van der Waals surface area contributed by atoms with Gasteiger partial charge in [0.15, 0.2) is 0 Å². The molecule has 3 aromatic carbocycles. The molecule has 0 saturated carbocycles. The van der Waals surface area contributed by atoms with Gasteiger partial charge in [-0.25, -0.2) is 12.8 Å². The van der Waals surface area contributed by atoms with Crippen molar-refractivity contribution in [3.8, 4) is 0 Å². The molecule has 0 aliphatic carbocycles. The minimum absolute atomic E-state index is 0.0681. The van der Waals surface area contributed by atoms with Crippen molar-refractivity contribution in [2.75, 3.05) is 17.4 Å². The lowest BCUT2D eigenvalue weighted by Crippen LogP contribution is -2.51. The summed E-state index contributed by atoms with van der Waals surface area (Å²) in [5, 5.41) is 2.56. The second-order valence-electron chi connectivity index (χ2n) is 8.56. The van der Waals surface area contributed by atoms with Crippen LogP contribution in [0, 0.1) is 5.82 Å². The van der Waals surface area contributed by atoms with E-state index in [1.54, 1.807) is 13.0 Å². The van der Waals surface area contributed by atoms with Gasteiger partial charge in [0.1, 0.15) is 18.4 Å². The van der Waals surface area contributed by atoms with E-state index in [1.165, 1.54) is 55.5 Å². The van der Waals surface area contributed by atoms with Crippen molar-refractivity contribution in [2.24, 2.45) is 0 Å². The molecule has 0 radical (unpaired) electrons. The van der Waals surface area contributed by atoms with Crippen LogP contribution in [0.2, 0.25) is 0 Å². The van der Waals surface area contributed by atoms with Crippen LogP contribution in [0.1, 0.15) is 25.0 Å². The summed E-state index contributed by atoms with van der Waals surface area (Å²) in [5.41, 5.74) is -1.45. The first kappa shape index (κ1) is 29.6. The van der Waals surface area contributed by atoms with Crippen LogP contribution in [0.4, 0.5) is 23.2 Å². The van der Waals surface area contributed by atoms with Crippen molar-refractivity contribution in [2.45, 2.75) is 37.5 Å². The molecule has 0 saturated heterocycles. The zero-order valence-corrected chi connectivity index (χ0v) is 22.0. The number of anilines is 1. The first-order chi connectivity index (χ1) is 18.4. The van der Waals surface area contributed by atoms with Gasteiger partial charge >= 0.3 is 6.18 Å². The minimum Gasteiger partial charge on any atom is -0.355 e. The molecule has 0 bridgehead atoms. The van der Waals surface area contributed by atoms with Gasteiger partial charge in [0.05, 0.1) is 16.1 Å². The fourth-order valence-corrected chi connectivity index (χ4v) is 5.23. The lowest BCUT2D eigenvalue weighted by atomic mass is 10.1. The Bertz CT molecular complexity index is 1420. The zero-order valence-electron chi connectivity index (χ0n) is 21.2. The molecular formula is C27H27F4N3O4S. The van der Waals surface area contributed by atoms with Crippen molar-refractivity contribution in [1.29, 1.82) is 0 Å². The van der Waals surface area contributed by atoms with Crippen molar-refractivity contribution in [3.05, 3.63) is 95.8 Å². The van der Waals surface area contributed by atoms with Crippen LogP contribution < -0.4 is 9.62 Å². The Balaban J connectivity index is 2.09. The van der Waals surface area contributed by atoms with Crippen LogP contribution in [0.25, 0.3) is 0 Å². The SMILES string of the molecule is CCNC(=O)[C@@H](C)N(Cc1ccccc1F)C(=O)CN(c1cccc(C(F)(F)F)c1)S(=O)(=O)c1ccccc1. The Morgan fingerprint density at radius 3 is 2.21 bits per heavy atom. The van der Waals surface area contributed by atoms with Gasteiger partial charge in [0, 0.05) is 18.7 Å². The molecule has 0 fully saturated rings. The Kier molecular flexibility index (Phi) is 9.33. The van der Waals surface area contributed by atoms with E-state index < -0.39 is 57.7 Å². The average Bonchev–Trinajstić information content (AvgIpc) is 2.91. The Labute approximate surface area is 224 Å². The number of halogens is 4. The normalized spacial score (nSPS) is 12.5. The summed E-state index contributed by atoms with van der Waals surface area (Å²) in [6.07, 6.45) is -4.77. The molecule has 208 valence electrons. The second-order valence-corrected chi connectivity index (χ2v) is 10.4. The standard InChI is InChI=1S/C27H27F4N3O4S/c1-3-32-26(36)19(2)33(17-20-10-7-8-15-24(20)28)25(35)18-34(39(37,38)23-13-5-4-6-14-23)22-12-9-11-21(16-22)27(29,30)31/h4-16,19H,3,17-18H2,1-2H3,(H,32,36)/t19-/m1/s1. The predicted molar refractivity (Wildman–Crippen MR) is 138 cm³/mol. The third kappa shape index (κ3) is 7.14. The fourth-order valence-electron chi connectivity index (χ4n) is 3.80. The molecule has 0 aromatic heterocycles. The zero-order chi connectivity index (χ0) is 28.8. The molecule has 0 aliphatic rings. The van der Waals surface area contributed by atoms with Crippen LogP contribution >= 0.6 is 0 Å². The lowest BCUT2D eigenvalue weighted by Gasteiger charge is -2.32. The summed E-state index contributed by atoms with van der Waals surface area (Å²) in [4.78, 5) is 27.0. The maximum atomic E-state index is 14.5. The first-order valence-electron chi connectivity index (χ1n) is 11.9. The summed E-state index contributed by atoms with van der Waals surface area (Å²) in [6.45, 7) is 1.96. The Morgan fingerprint density at radius 1 is 0.949 bits per heavy atom. The van der Waals surface area contributed by atoms with Gasteiger partial charge in [-0.1, -0.05) is 42.5 Å². The number of carbonyl (C=O) groups is 2. The maximum Gasteiger partial charge on any atom is 0.416 e. The largest absolute Gasteiger partial charge is 0.416 e. The van der Waals surface area contributed by atoms with Crippen LogP contribution in [-0.4, -0.2) is 44.3 Å². The number of hydrogen-bond acceptors (Lipinski definition) is 4. The molecule has 0 spiro atoms. The van der Waals surface area contributed by atoms with E-state index in [0.29, 0.717) is 10.4 Å². The van der Waals surface area contributed by atoms with E-state index in [1.807, 2.05) is 0 Å². The van der Waals surface area contributed by atoms with Crippen LogP contribution in [0.5, 0.6) is 0 Å². The highest BCUT2D eigenvalue weighted by molar-refractivity contribution is 7.92. The van der Waals surface area contributed by atoms with Gasteiger partial charge in [-0.2, -0.15) is 13.2 Å². The number of sulfonamides is 1. The maximum absolute atomic E-state index is 14.5. The summed E-state index contributed by atoms with van der Waals surface area (Å²) in [6, 6.07) is 14.9. The second kappa shape index (κ2) is 12.3. The van der Waals surface area contributed by atoms with E-state index in [4.69, 9.17) is 0 Å². The minimum atomic E-state index is -4.77. The van der Waals surface area contributed by atoms with Gasteiger partial charge in [-0.3, -0.25) is 13.9 Å². The highest BCUT2D eigenvalue weighted by Crippen LogP contribution is 2.33. The molecule has 0 heterocycles. The molecule has 12 heteroatoms. The molecule has 1 N–H and O–H groups in total. The number of amides is 2. The molecule has 3 aromatic rings. The van der Waals surface area contributed by atoms with E-state index in [-0.39, 0.29) is 23.5 Å². The highest BCUT2D eigenvalue weighted by Gasteiger charge is 2.35. The van der Waals surface area contributed by atoms with E-state index in [2.05, 4.69) is 5.32 Å². The number of nitrogens with zero attached hydrogens (tertiary/aromatic N) is 2. The molecular weight excluding hydrogens is 538 g/mol. The molecule has 7 nitrogen and oxygen atoms in total. The average molecular weight is 566 g/mol. The topological polar surface area (TPSA) is 86.8 Å². The smallest absolute Gasteiger partial charge is 0.355 e. The quantitative estimate of drug-likeness (QED) is 0.365. The van der Waals surface area contributed by atoms with E-state index in [9.17, 15) is 35.6 Å². The molecule has 1 atom stereocenters. The monoisotopic (exact) mass is 565 g/mol. The van der Waals surface area contributed by atoms with Gasteiger partial charge in [0.25, 0.3) is 10.0 Å². The number of nitrogens with one attached hydrogen (secondary N) is 1. The Hall–Kier alpha value is -3.93. The summed E-state index contributed by atoms with van der Waals surface area (Å²) in [5.74, 6) is -2.14. The number of alkyl halides is 3. The lowest BCUT2D eigenvalue weighted by molar-refractivity contribution is -0.139. The summed E-state index contributed by atoms with van der Waals surface area (Å²) >= 11 is 0. The Morgan fingerprint density at radius 2 is 1.59 bits per heavy atom. The van der Waals surface area contributed by atoms with Gasteiger partial charge in [-0.15, -0.1) is 0 Å². The third-order valence-corrected chi connectivity index (χ3v) is 7.68. The number of benzene rings is 3. The number of rotatable bonds is 10. The van der Waals surface area contributed by atoms with Crippen LogP contribution in [-0.2, 0) is 32.3 Å². The molecule has 3 rings (SSSR count). The van der Waals surface area contributed by atoms with Crippen molar-refractivity contribution >= 4 is 27.5 Å². The summed E-state index contributed by atoms with van der Waals surface area (Å²) < 4.78 is 82.6. The molecule has 0 aliphatic heterocycles. The molecule has 0 unspecified atom stereocenters. The van der Waals surface area contributed by atoms with Gasteiger partial charge in [0.2, 0.25) is 11.8 Å². The highest BCUT2D eigenvalue weighted by atomic mass is 32.2. The van der Waals surface area contributed by atoms with Crippen LogP contribution in [0.3, 0.4) is 0 Å². The molecule has 2 amide bonds. The number of hydrogen-bond donors (Lipinski definition) is 1. The number of carbonyl (C=O) groups excluding carboxylic acids is 2. The molecule has 39 heavy (non-hydrogen) atoms. The van der Waals surface area contributed by atoms with Crippen molar-refractivity contribution in [1.82, 2.24) is 10.2 Å². The van der Waals surface area contributed by atoms with Crippen LogP contribution in [0.15, 0.2) is 83.8 Å². The van der Waals surface area contributed by atoms with Crippen molar-refractivity contribution in [3.63, 3.8) is 0 Å². The fraction of sp³-hybridized carbons (Fsp3) is 0.259.